The molecule has 1 N–H and O–H groups in total. The Morgan fingerprint density at radius 3 is 2.81 bits per heavy atom. The SMILES string of the molecule is CNC(=O)[C@]1(C)CN(C(=O)c2ccc(OC)nc2)CCO1. The fraction of sp³-hybridized carbons (Fsp3) is 0.500. The molecule has 0 saturated carbocycles. The summed E-state index contributed by atoms with van der Waals surface area (Å²) in [7, 11) is 3.06. The van der Waals surface area contributed by atoms with E-state index in [0.29, 0.717) is 24.6 Å². The number of rotatable bonds is 3. The van der Waals surface area contributed by atoms with E-state index in [1.54, 1.807) is 31.0 Å². The van der Waals surface area contributed by atoms with Gasteiger partial charge in [-0.15, -0.1) is 0 Å². The average Bonchev–Trinajstić information content (AvgIpc) is 2.53. The average molecular weight is 293 g/mol. The molecule has 0 aliphatic carbocycles. The van der Waals surface area contributed by atoms with Gasteiger partial charge >= 0.3 is 0 Å². The van der Waals surface area contributed by atoms with E-state index in [1.807, 2.05) is 0 Å². The minimum atomic E-state index is -1.03. The second-order valence-corrected chi connectivity index (χ2v) is 4.97. The van der Waals surface area contributed by atoms with Crippen molar-refractivity contribution in [1.82, 2.24) is 15.2 Å². The number of carbonyl (C=O) groups is 2. The predicted octanol–water partition coefficient (Wildman–Crippen LogP) is 0.0673. The van der Waals surface area contributed by atoms with Crippen LogP contribution < -0.4 is 10.1 Å². The van der Waals surface area contributed by atoms with E-state index < -0.39 is 5.60 Å². The third kappa shape index (κ3) is 3.13. The van der Waals surface area contributed by atoms with E-state index >= 15 is 0 Å². The van der Waals surface area contributed by atoms with Crippen LogP contribution in [-0.4, -0.2) is 61.2 Å². The van der Waals surface area contributed by atoms with Gasteiger partial charge in [0.05, 0.1) is 25.8 Å². The molecule has 1 aliphatic rings. The van der Waals surface area contributed by atoms with Gasteiger partial charge in [0.1, 0.15) is 0 Å². The van der Waals surface area contributed by atoms with Crippen molar-refractivity contribution >= 4 is 11.8 Å². The number of hydrogen-bond acceptors (Lipinski definition) is 5. The fourth-order valence-electron chi connectivity index (χ4n) is 2.26. The molecule has 7 heteroatoms. The molecule has 2 rings (SSSR count). The van der Waals surface area contributed by atoms with Gasteiger partial charge in [-0.25, -0.2) is 4.98 Å². The van der Waals surface area contributed by atoms with Gasteiger partial charge in [-0.1, -0.05) is 0 Å². The Labute approximate surface area is 123 Å². The molecular weight excluding hydrogens is 274 g/mol. The lowest BCUT2D eigenvalue weighted by Gasteiger charge is -2.39. The lowest BCUT2D eigenvalue weighted by molar-refractivity contribution is -0.153. The number of nitrogens with one attached hydrogen (secondary N) is 1. The van der Waals surface area contributed by atoms with Gasteiger partial charge in [0, 0.05) is 25.9 Å². The van der Waals surface area contributed by atoms with Gasteiger partial charge < -0.3 is 19.7 Å². The summed E-state index contributed by atoms with van der Waals surface area (Å²) in [5.41, 5.74) is -0.570. The number of nitrogens with zero attached hydrogens (tertiary/aromatic N) is 2. The second kappa shape index (κ2) is 6.09. The van der Waals surface area contributed by atoms with E-state index in [1.165, 1.54) is 13.3 Å². The van der Waals surface area contributed by atoms with Gasteiger partial charge in [0.2, 0.25) is 5.88 Å². The van der Waals surface area contributed by atoms with Crippen molar-refractivity contribution < 1.29 is 19.1 Å². The van der Waals surface area contributed by atoms with Crippen molar-refractivity contribution in [3.63, 3.8) is 0 Å². The first-order chi connectivity index (χ1) is 10.00. The predicted molar refractivity (Wildman–Crippen MR) is 75.1 cm³/mol. The van der Waals surface area contributed by atoms with Crippen LogP contribution in [0.3, 0.4) is 0 Å². The topological polar surface area (TPSA) is 80.8 Å². The molecule has 0 radical (unpaired) electrons. The van der Waals surface area contributed by atoms with E-state index in [4.69, 9.17) is 9.47 Å². The van der Waals surface area contributed by atoms with E-state index in [2.05, 4.69) is 10.3 Å². The largest absolute Gasteiger partial charge is 0.481 e. The zero-order valence-electron chi connectivity index (χ0n) is 12.4. The third-order valence-electron chi connectivity index (χ3n) is 3.46. The molecule has 1 aromatic heterocycles. The van der Waals surface area contributed by atoms with Crippen molar-refractivity contribution in [2.75, 3.05) is 33.9 Å². The standard InChI is InChI=1S/C14H19N3O4/c1-14(13(19)15-2)9-17(6-7-21-14)12(18)10-4-5-11(20-3)16-8-10/h4-5,8H,6-7,9H2,1-3H3,(H,15,19)/t14-/m0/s1. The molecule has 0 bridgehead atoms. The van der Waals surface area contributed by atoms with Crippen LogP contribution in [0.1, 0.15) is 17.3 Å². The molecule has 1 fully saturated rings. The van der Waals surface area contributed by atoms with Gasteiger partial charge in [-0.3, -0.25) is 9.59 Å². The molecule has 2 amide bonds. The minimum Gasteiger partial charge on any atom is -0.481 e. The number of amides is 2. The maximum absolute atomic E-state index is 12.5. The Hall–Kier alpha value is -2.15. The third-order valence-corrected chi connectivity index (χ3v) is 3.46. The highest BCUT2D eigenvalue weighted by Gasteiger charge is 2.40. The lowest BCUT2D eigenvalue weighted by atomic mass is 10.0. The maximum Gasteiger partial charge on any atom is 0.255 e. The van der Waals surface area contributed by atoms with E-state index in [0.717, 1.165) is 0 Å². The van der Waals surface area contributed by atoms with Crippen LogP contribution in [0.5, 0.6) is 5.88 Å². The molecule has 0 unspecified atom stereocenters. The summed E-state index contributed by atoms with van der Waals surface area (Å²) in [5, 5.41) is 2.56. The van der Waals surface area contributed by atoms with Crippen LogP contribution in [0.25, 0.3) is 0 Å². The normalized spacial score (nSPS) is 21.8. The van der Waals surface area contributed by atoms with Crippen LogP contribution >= 0.6 is 0 Å². The van der Waals surface area contributed by atoms with Crippen molar-refractivity contribution in [1.29, 1.82) is 0 Å². The molecule has 1 aromatic rings. The highest BCUT2D eigenvalue weighted by molar-refractivity contribution is 5.95. The summed E-state index contributed by atoms with van der Waals surface area (Å²) in [5.74, 6) is 0.0279. The van der Waals surface area contributed by atoms with Crippen molar-refractivity contribution in [3.05, 3.63) is 23.9 Å². The van der Waals surface area contributed by atoms with Crippen molar-refractivity contribution in [2.24, 2.45) is 0 Å². The second-order valence-electron chi connectivity index (χ2n) is 4.97. The summed E-state index contributed by atoms with van der Waals surface area (Å²) in [6.45, 7) is 2.64. The summed E-state index contributed by atoms with van der Waals surface area (Å²) >= 11 is 0. The Kier molecular flexibility index (Phi) is 4.42. The highest BCUT2D eigenvalue weighted by atomic mass is 16.5. The zero-order chi connectivity index (χ0) is 15.5. The summed E-state index contributed by atoms with van der Waals surface area (Å²) in [6.07, 6.45) is 1.47. The zero-order valence-corrected chi connectivity index (χ0v) is 12.4. The number of morpholine rings is 1. The molecular formula is C14H19N3O4. The maximum atomic E-state index is 12.5. The molecule has 21 heavy (non-hydrogen) atoms. The summed E-state index contributed by atoms with van der Waals surface area (Å²) in [6, 6.07) is 3.28. The first-order valence-electron chi connectivity index (χ1n) is 6.65. The van der Waals surface area contributed by atoms with Crippen LogP contribution in [0, 0.1) is 0 Å². The van der Waals surface area contributed by atoms with E-state index in [9.17, 15) is 9.59 Å². The molecule has 2 heterocycles. The first-order valence-corrected chi connectivity index (χ1v) is 6.65. The fourth-order valence-corrected chi connectivity index (χ4v) is 2.26. The lowest BCUT2D eigenvalue weighted by Crippen LogP contribution is -2.58. The molecule has 1 atom stereocenters. The minimum absolute atomic E-state index is 0.177. The molecule has 0 spiro atoms. The molecule has 7 nitrogen and oxygen atoms in total. The van der Waals surface area contributed by atoms with Crippen LogP contribution in [0.15, 0.2) is 18.3 Å². The van der Waals surface area contributed by atoms with Gasteiger partial charge in [0.15, 0.2) is 5.60 Å². The van der Waals surface area contributed by atoms with Crippen LogP contribution in [-0.2, 0) is 9.53 Å². The molecule has 0 aromatic carbocycles. The Morgan fingerprint density at radius 2 is 2.24 bits per heavy atom. The Bertz CT molecular complexity index is 532. The molecule has 1 saturated heterocycles. The molecule has 1 aliphatic heterocycles. The number of hydrogen-bond donors (Lipinski definition) is 1. The highest BCUT2D eigenvalue weighted by Crippen LogP contribution is 2.20. The summed E-state index contributed by atoms with van der Waals surface area (Å²) in [4.78, 5) is 29.9. The summed E-state index contributed by atoms with van der Waals surface area (Å²) < 4.78 is 10.5. The van der Waals surface area contributed by atoms with Crippen molar-refractivity contribution in [3.8, 4) is 5.88 Å². The first kappa shape index (κ1) is 15.2. The number of ether oxygens (including phenoxy) is 2. The smallest absolute Gasteiger partial charge is 0.255 e. The number of pyridine rings is 1. The molecule has 114 valence electrons. The van der Waals surface area contributed by atoms with Crippen LogP contribution in [0.4, 0.5) is 0 Å². The number of methoxy groups -OCH3 is 1. The van der Waals surface area contributed by atoms with Crippen LogP contribution in [0.2, 0.25) is 0 Å². The quantitative estimate of drug-likeness (QED) is 0.853. The van der Waals surface area contributed by atoms with Gasteiger partial charge in [-0.05, 0) is 13.0 Å². The monoisotopic (exact) mass is 293 g/mol. The van der Waals surface area contributed by atoms with Gasteiger partial charge in [0.25, 0.3) is 11.8 Å². The number of likely N-dealkylation sites (N-methyl/N-ethyl adjacent to an activating group) is 1. The van der Waals surface area contributed by atoms with Gasteiger partial charge in [-0.2, -0.15) is 0 Å². The van der Waals surface area contributed by atoms with E-state index in [-0.39, 0.29) is 18.4 Å². The van der Waals surface area contributed by atoms with Crippen molar-refractivity contribution in [2.45, 2.75) is 12.5 Å². The Balaban J connectivity index is 2.13. The number of aromatic nitrogens is 1. The number of carbonyl (C=O) groups excluding carboxylic acids is 2. The Morgan fingerprint density at radius 1 is 1.48 bits per heavy atom.